The average Bonchev–Trinajstić information content (AvgIpc) is 2.47. The molecule has 0 bridgehead atoms. The number of benzene rings is 1. The van der Waals surface area contributed by atoms with Gasteiger partial charge in [-0.25, -0.2) is 0 Å². The number of ketones is 1. The summed E-state index contributed by atoms with van der Waals surface area (Å²) in [6, 6.07) is 4.16. The molecule has 0 unspecified atom stereocenters. The third kappa shape index (κ3) is 4.66. The van der Waals surface area contributed by atoms with Crippen molar-refractivity contribution < 1.29 is 4.79 Å². The fraction of sp³-hybridized carbons (Fsp3) is 0.500. The standard InChI is InChI=1S/C19H27NO.CH4/c1-7-16(8-2)19(21)15(6)12-17-13(4)10-11-14(5)18(17)20-9-3;/h9-12,16H,7-8H2,1-6H3;1H4/b15-12+,20-9?;. The molecule has 2 heteroatoms. The number of nitrogens with zero attached hydrogens (tertiary/aromatic N) is 1. The van der Waals surface area contributed by atoms with Gasteiger partial charge in [-0.15, -0.1) is 0 Å². The predicted octanol–water partition coefficient (Wildman–Crippen LogP) is 6.07. The summed E-state index contributed by atoms with van der Waals surface area (Å²) in [4.78, 5) is 17.0. The summed E-state index contributed by atoms with van der Waals surface area (Å²) in [5.74, 6) is 0.386. The van der Waals surface area contributed by atoms with E-state index in [1.165, 1.54) is 0 Å². The van der Waals surface area contributed by atoms with E-state index in [-0.39, 0.29) is 19.1 Å². The first-order valence-electron chi connectivity index (χ1n) is 7.77. The summed E-state index contributed by atoms with van der Waals surface area (Å²) in [7, 11) is 0. The zero-order valence-electron chi connectivity index (χ0n) is 14.2. The molecule has 122 valence electrons. The normalized spacial score (nSPS) is 11.9. The molecule has 0 aliphatic rings. The molecular weight excluding hydrogens is 270 g/mol. The lowest BCUT2D eigenvalue weighted by molar-refractivity contribution is -0.119. The number of carbonyl (C=O) groups excluding carboxylic acids is 1. The van der Waals surface area contributed by atoms with E-state index < -0.39 is 0 Å². The predicted molar refractivity (Wildman–Crippen MR) is 99.2 cm³/mol. The number of allylic oxidation sites excluding steroid dienone is 1. The Balaban J connectivity index is 0.00000441. The molecule has 0 aliphatic carbocycles. The molecular formula is C20H31NO. The van der Waals surface area contributed by atoms with Crippen LogP contribution in [-0.4, -0.2) is 12.0 Å². The average molecular weight is 301 g/mol. The molecule has 1 aromatic rings. The van der Waals surface area contributed by atoms with Crippen molar-refractivity contribution in [2.24, 2.45) is 10.9 Å². The van der Waals surface area contributed by atoms with E-state index in [4.69, 9.17) is 0 Å². The lowest BCUT2D eigenvalue weighted by Crippen LogP contribution is -2.13. The molecule has 1 rings (SSSR count). The van der Waals surface area contributed by atoms with Crippen LogP contribution in [-0.2, 0) is 4.79 Å². The number of hydrogen-bond acceptors (Lipinski definition) is 2. The zero-order valence-corrected chi connectivity index (χ0v) is 14.2. The minimum absolute atomic E-state index is 0. The molecule has 22 heavy (non-hydrogen) atoms. The highest BCUT2D eigenvalue weighted by Crippen LogP contribution is 2.30. The van der Waals surface area contributed by atoms with Crippen LogP contribution in [0.3, 0.4) is 0 Å². The monoisotopic (exact) mass is 301 g/mol. The van der Waals surface area contributed by atoms with Crippen LogP contribution in [0.1, 0.15) is 64.7 Å². The first kappa shape index (κ1) is 20.3. The lowest BCUT2D eigenvalue weighted by Gasteiger charge is -2.13. The summed E-state index contributed by atoms with van der Waals surface area (Å²) in [5, 5.41) is 0. The number of aliphatic imine (C=N–C) groups is 1. The van der Waals surface area contributed by atoms with Gasteiger partial charge in [-0.05, 0) is 63.3 Å². The number of rotatable bonds is 6. The second-order valence-electron chi connectivity index (χ2n) is 5.55. The highest BCUT2D eigenvalue weighted by atomic mass is 16.1. The van der Waals surface area contributed by atoms with Crippen molar-refractivity contribution in [2.45, 2.75) is 61.8 Å². The van der Waals surface area contributed by atoms with Gasteiger partial charge in [-0.1, -0.05) is 33.4 Å². The summed E-state index contributed by atoms with van der Waals surface area (Å²) < 4.78 is 0. The summed E-state index contributed by atoms with van der Waals surface area (Å²) in [6.07, 6.45) is 5.60. The van der Waals surface area contributed by atoms with E-state index in [0.29, 0.717) is 0 Å². The van der Waals surface area contributed by atoms with Crippen molar-refractivity contribution in [3.05, 3.63) is 34.4 Å². The number of Topliss-reactive ketones (excluding diaryl/α,β-unsaturated/α-hetero) is 1. The number of carbonyl (C=O) groups is 1. The van der Waals surface area contributed by atoms with E-state index in [9.17, 15) is 4.79 Å². The first-order chi connectivity index (χ1) is 9.96. The molecule has 2 nitrogen and oxygen atoms in total. The minimum Gasteiger partial charge on any atom is -0.294 e. The highest BCUT2D eigenvalue weighted by molar-refractivity contribution is 6.01. The van der Waals surface area contributed by atoms with Gasteiger partial charge in [0.1, 0.15) is 0 Å². The number of aryl methyl sites for hydroxylation is 2. The van der Waals surface area contributed by atoms with E-state index >= 15 is 0 Å². The van der Waals surface area contributed by atoms with Gasteiger partial charge in [-0.3, -0.25) is 9.79 Å². The van der Waals surface area contributed by atoms with Crippen LogP contribution in [0.15, 0.2) is 22.7 Å². The summed E-state index contributed by atoms with van der Waals surface area (Å²) >= 11 is 0. The SMILES string of the molecule is C.CC=Nc1c(C)ccc(C)c1/C=C(\C)C(=O)C(CC)CC. The van der Waals surface area contributed by atoms with Crippen molar-refractivity contribution in [2.75, 3.05) is 0 Å². The van der Waals surface area contributed by atoms with Crippen LogP contribution in [0.5, 0.6) is 0 Å². The van der Waals surface area contributed by atoms with Crippen molar-refractivity contribution >= 4 is 23.8 Å². The topological polar surface area (TPSA) is 29.4 Å². The minimum atomic E-state index is 0. The number of hydrogen-bond donors (Lipinski definition) is 0. The van der Waals surface area contributed by atoms with E-state index in [1.807, 2.05) is 19.9 Å². The van der Waals surface area contributed by atoms with Crippen LogP contribution >= 0.6 is 0 Å². The zero-order chi connectivity index (χ0) is 16.0. The Morgan fingerprint density at radius 3 is 2.23 bits per heavy atom. The molecule has 0 spiro atoms. The third-order valence-corrected chi connectivity index (χ3v) is 4.00. The van der Waals surface area contributed by atoms with Gasteiger partial charge in [0.05, 0.1) is 5.69 Å². The molecule has 0 aliphatic heterocycles. The second kappa shape index (κ2) is 9.34. The molecule has 0 aromatic heterocycles. The summed E-state index contributed by atoms with van der Waals surface area (Å²) in [6.45, 7) is 12.1. The second-order valence-corrected chi connectivity index (χ2v) is 5.55. The molecule has 0 amide bonds. The smallest absolute Gasteiger partial charge is 0.161 e. The molecule has 0 fully saturated rings. The van der Waals surface area contributed by atoms with E-state index in [0.717, 1.165) is 40.8 Å². The maximum Gasteiger partial charge on any atom is 0.161 e. The van der Waals surface area contributed by atoms with Crippen LogP contribution in [0.4, 0.5) is 5.69 Å². The van der Waals surface area contributed by atoms with Crippen LogP contribution < -0.4 is 0 Å². The lowest BCUT2D eigenvalue weighted by atomic mass is 9.91. The fourth-order valence-corrected chi connectivity index (χ4v) is 2.57. The Morgan fingerprint density at radius 1 is 1.18 bits per heavy atom. The van der Waals surface area contributed by atoms with Crippen molar-refractivity contribution in [3.8, 4) is 0 Å². The maximum atomic E-state index is 12.5. The Labute approximate surface area is 136 Å². The Morgan fingerprint density at radius 2 is 1.73 bits per heavy atom. The Kier molecular flexibility index (Phi) is 8.62. The Hall–Kier alpha value is -1.70. The van der Waals surface area contributed by atoms with E-state index in [2.05, 4.69) is 44.8 Å². The van der Waals surface area contributed by atoms with Gasteiger partial charge in [0.2, 0.25) is 0 Å². The molecule has 0 N–H and O–H groups in total. The van der Waals surface area contributed by atoms with Gasteiger partial charge in [-0.2, -0.15) is 0 Å². The highest BCUT2D eigenvalue weighted by Gasteiger charge is 2.16. The molecule has 0 saturated carbocycles. The van der Waals surface area contributed by atoms with Crippen LogP contribution in [0, 0.1) is 19.8 Å². The van der Waals surface area contributed by atoms with Gasteiger partial charge in [0, 0.05) is 17.7 Å². The Bertz CT molecular complexity index is 563. The molecule has 0 heterocycles. The molecule has 0 radical (unpaired) electrons. The van der Waals surface area contributed by atoms with Crippen molar-refractivity contribution in [3.63, 3.8) is 0 Å². The van der Waals surface area contributed by atoms with Crippen molar-refractivity contribution in [1.82, 2.24) is 0 Å². The van der Waals surface area contributed by atoms with Gasteiger partial charge in [0.25, 0.3) is 0 Å². The third-order valence-electron chi connectivity index (χ3n) is 4.00. The van der Waals surface area contributed by atoms with Gasteiger partial charge >= 0.3 is 0 Å². The largest absolute Gasteiger partial charge is 0.294 e. The molecule has 0 saturated heterocycles. The van der Waals surface area contributed by atoms with Crippen molar-refractivity contribution in [1.29, 1.82) is 0 Å². The van der Waals surface area contributed by atoms with Gasteiger partial charge in [0.15, 0.2) is 5.78 Å². The van der Waals surface area contributed by atoms with Gasteiger partial charge < -0.3 is 0 Å². The molecule has 0 atom stereocenters. The van der Waals surface area contributed by atoms with Crippen LogP contribution in [0.25, 0.3) is 6.08 Å². The summed E-state index contributed by atoms with van der Waals surface area (Å²) in [5.41, 5.74) is 5.13. The molecule has 1 aromatic carbocycles. The first-order valence-corrected chi connectivity index (χ1v) is 7.77. The van der Waals surface area contributed by atoms with E-state index in [1.54, 1.807) is 6.21 Å². The fourth-order valence-electron chi connectivity index (χ4n) is 2.57. The van der Waals surface area contributed by atoms with Crippen LogP contribution in [0.2, 0.25) is 0 Å². The quantitative estimate of drug-likeness (QED) is 0.463. The maximum absolute atomic E-state index is 12.5.